The molecule has 0 fully saturated rings. The summed E-state index contributed by atoms with van der Waals surface area (Å²) in [5.41, 5.74) is 14.6. The first kappa shape index (κ1) is 35.8. The summed E-state index contributed by atoms with van der Waals surface area (Å²) < 4.78 is 2.95. The summed E-state index contributed by atoms with van der Waals surface area (Å²) in [4.78, 5) is 0. The Balaban J connectivity index is 2.03. The molecule has 0 nitrogen and oxygen atoms in total. The minimum Gasteiger partial charge on any atom is -0.143 e. The fraction of sp³-hybridized carbons (Fsp3) is 0.409. The molecular weight excluding hydrogens is 624 g/mol. The first-order valence-electron chi connectivity index (χ1n) is 17.7. The summed E-state index contributed by atoms with van der Waals surface area (Å²) in [5, 5.41) is 6.07. The van der Waals surface area contributed by atoms with Crippen molar-refractivity contribution in [3.8, 4) is 22.3 Å². The molecule has 0 atom stereocenters. The van der Waals surface area contributed by atoms with E-state index < -0.39 is 7.92 Å². The fourth-order valence-corrected chi connectivity index (χ4v) is 12.3. The van der Waals surface area contributed by atoms with E-state index in [-0.39, 0.29) is 0 Å². The molecule has 2 aromatic heterocycles. The van der Waals surface area contributed by atoms with E-state index in [1.807, 2.05) is 22.7 Å². The Morgan fingerprint density at radius 3 is 1.02 bits per heavy atom. The van der Waals surface area contributed by atoms with Gasteiger partial charge in [-0.25, -0.2) is 0 Å². The molecule has 248 valence electrons. The molecule has 0 aliphatic carbocycles. The molecule has 0 radical (unpaired) electrons. The predicted octanol–water partition coefficient (Wildman–Crippen LogP) is 13.6. The summed E-state index contributed by atoms with van der Waals surface area (Å²) in [6, 6.07) is 26.7. The summed E-state index contributed by atoms with van der Waals surface area (Å²) in [6.45, 7) is 28.4. The maximum absolute atomic E-state index is 2.53. The van der Waals surface area contributed by atoms with Crippen molar-refractivity contribution in [2.45, 2.75) is 119 Å². The average molecular weight is 679 g/mol. The number of thiophene rings is 2. The highest BCUT2D eigenvalue weighted by Crippen LogP contribution is 2.49. The number of hydrogen-bond acceptors (Lipinski definition) is 2. The lowest BCUT2D eigenvalue weighted by molar-refractivity contribution is 0.807. The van der Waals surface area contributed by atoms with Gasteiger partial charge in [0.2, 0.25) is 0 Å². The molecule has 0 N–H and O–H groups in total. The van der Waals surface area contributed by atoms with Crippen LogP contribution in [0.1, 0.15) is 152 Å². The molecule has 3 aromatic carbocycles. The van der Waals surface area contributed by atoms with Crippen LogP contribution in [0.3, 0.4) is 0 Å². The maximum Gasteiger partial charge on any atom is 0.0377 e. The molecule has 47 heavy (non-hydrogen) atoms. The van der Waals surface area contributed by atoms with Crippen LogP contribution in [-0.4, -0.2) is 0 Å². The van der Waals surface area contributed by atoms with Gasteiger partial charge < -0.3 is 0 Å². The van der Waals surface area contributed by atoms with Crippen molar-refractivity contribution in [1.29, 1.82) is 0 Å². The lowest BCUT2D eigenvalue weighted by atomic mass is 9.79. The quantitative estimate of drug-likeness (QED) is 0.122. The highest BCUT2D eigenvalue weighted by Gasteiger charge is 2.31. The normalized spacial score (nSPS) is 12.3. The van der Waals surface area contributed by atoms with Gasteiger partial charge in [0.15, 0.2) is 0 Å². The summed E-state index contributed by atoms with van der Waals surface area (Å²) >= 11 is 3.84. The van der Waals surface area contributed by atoms with Crippen molar-refractivity contribution in [2.75, 3.05) is 0 Å². The third kappa shape index (κ3) is 7.27. The van der Waals surface area contributed by atoms with Crippen molar-refractivity contribution in [3.63, 3.8) is 0 Å². The van der Waals surface area contributed by atoms with Crippen LogP contribution in [0, 0.1) is 0 Å². The minimum atomic E-state index is -0.791. The fourth-order valence-electron chi connectivity index (χ4n) is 6.84. The van der Waals surface area contributed by atoms with Crippen molar-refractivity contribution in [2.24, 2.45) is 0 Å². The first-order chi connectivity index (χ1) is 22.3. The Morgan fingerprint density at radius 1 is 0.426 bits per heavy atom. The second-order valence-corrected chi connectivity index (χ2v) is 19.6. The van der Waals surface area contributed by atoms with Crippen LogP contribution in [-0.2, 0) is 0 Å². The SMILES string of the molecule is CC(C)c1cc(C(C)C)c(-c2cccc(-c3c(C(C)C)cc(C(C)C)cc3C(C)C)c2P(c2cccs2)c2cccs2)c(C(C)C)c1. The molecular formula is C44H55PS2. The van der Waals surface area contributed by atoms with Gasteiger partial charge >= 0.3 is 0 Å². The van der Waals surface area contributed by atoms with Gasteiger partial charge in [0.1, 0.15) is 0 Å². The lowest BCUT2D eigenvalue weighted by Gasteiger charge is -2.30. The van der Waals surface area contributed by atoms with E-state index >= 15 is 0 Å². The topological polar surface area (TPSA) is 0 Å². The molecule has 0 amide bonds. The monoisotopic (exact) mass is 678 g/mol. The Hall–Kier alpha value is -2.51. The number of benzene rings is 3. The predicted molar refractivity (Wildman–Crippen MR) is 216 cm³/mol. The van der Waals surface area contributed by atoms with E-state index in [0.29, 0.717) is 35.5 Å². The molecule has 2 heterocycles. The van der Waals surface area contributed by atoms with Gasteiger partial charge in [-0.15, -0.1) is 22.7 Å². The Morgan fingerprint density at radius 2 is 0.766 bits per heavy atom. The van der Waals surface area contributed by atoms with E-state index in [9.17, 15) is 0 Å². The lowest BCUT2D eigenvalue weighted by Crippen LogP contribution is -2.23. The van der Waals surface area contributed by atoms with Crippen LogP contribution in [0.15, 0.2) is 77.5 Å². The largest absolute Gasteiger partial charge is 0.143 e. The molecule has 0 aliphatic heterocycles. The molecule has 0 aliphatic rings. The number of rotatable bonds is 11. The van der Waals surface area contributed by atoms with Crippen molar-refractivity contribution in [3.05, 3.63) is 111 Å². The smallest absolute Gasteiger partial charge is 0.0377 e. The van der Waals surface area contributed by atoms with Crippen molar-refractivity contribution >= 4 is 45.1 Å². The van der Waals surface area contributed by atoms with Crippen molar-refractivity contribution in [1.82, 2.24) is 0 Å². The summed E-state index contributed by atoms with van der Waals surface area (Å²) in [7, 11) is -0.791. The third-order valence-corrected chi connectivity index (χ3v) is 14.7. The van der Waals surface area contributed by atoms with Crippen LogP contribution in [0.4, 0.5) is 0 Å². The maximum atomic E-state index is 2.53. The van der Waals surface area contributed by atoms with Crippen LogP contribution in [0.25, 0.3) is 22.3 Å². The van der Waals surface area contributed by atoms with Gasteiger partial charge in [-0.05, 0) is 114 Å². The molecule has 0 unspecified atom stereocenters. The standard InChI is InChI=1S/C44H55PS2/c1-26(2)32-22-36(28(5)6)42(37(23-32)29(7)8)34-16-13-17-35(44(34)45(40-18-14-20-46-40)41-19-15-21-47-41)43-38(30(9)10)24-33(27(3)4)25-39(43)31(11)12/h13-31H,1-12H3. The second kappa shape index (κ2) is 14.9. The van der Waals surface area contributed by atoms with Crippen molar-refractivity contribution < 1.29 is 0 Å². The van der Waals surface area contributed by atoms with Gasteiger partial charge in [-0.2, -0.15) is 0 Å². The van der Waals surface area contributed by atoms with Crippen LogP contribution in [0.5, 0.6) is 0 Å². The Bertz CT molecular complexity index is 1600. The first-order valence-corrected chi connectivity index (χ1v) is 20.8. The van der Waals surface area contributed by atoms with Gasteiger partial charge in [-0.1, -0.05) is 138 Å². The van der Waals surface area contributed by atoms with E-state index in [1.165, 1.54) is 70.2 Å². The molecule has 0 bridgehead atoms. The summed E-state index contributed by atoms with van der Waals surface area (Å²) in [5.74, 6) is 2.62. The molecule has 5 rings (SSSR count). The van der Waals surface area contributed by atoms with Gasteiger partial charge in [0.05, 0.1) is 0 Å². The van der Waals surface area contributed by atoms with E-state index in [2.05, 4.69) is 161 Å². The molecule has 0 spiro atoms. The Kier molecular flexibility index (Phi) is 11.4. The minimum absolute atomic E-state index is 0.412. The molecule has 3 heteroatoms. The molecule has 0 saturated heterocycles. The zero-order valence-corrected chi connectivity index (χ0v) is 33.3. The Labute approximate surface area is 295 Å². The van der Waals surface area contributed by atoms with Crippen LogP contribution in [0.2, 0.25) is 0 Å². The highest BCUT2D eigenvalue weighted by molar-refractivity contribution is 7.87. The zero-order valence-electron chi connectivity index (χ0n) is 30.7. The van der Waals surface area contributed by atoms with Crippen LogP contribution >= 0.6 is 30.6 Å². The molecule has 0 saturated carbocycles. The third-order valence-electron chi connectivity index (χ3n) is 9.52. The number of hydrogen-bond donors (Lipinski definition) is 0. The average Bonchev–Trinajstić information content (AvgIpc) is 3.75. The van der Waals surface area contributed by atoms with Gasteiger partial charge in [-0.3, -0.25) is 0 Å². The molecule has 5 aromatic rings. The van der Waals surface area contributed by atoms with Gasteiger partial charge in [0, 0.05) is 22.5 Å². The van der Waals surface area contributed by atoms with E-state index in [1.54, 1.807) is 0 Å². The summed E-state index contributed by atoms with van der Waals surface area (Å²) in [6.07, 6.45) is 0. The van der Waals surface area contributed by atoms with Crippen LogP contribution < -0.4 is 14.5 Å². The van der Waals surface area contributed by atoms with Gasteiger partial charge in [0.25, 0.3) is 0 Å². The highest BCUT2D eigenvalue weighted by atomic mass is 32.1. The zero-order chi connectivity index (χ0) is 34.2. The van der Waals surface area contributed by atoms with E-state index in [0.717, 1.165) is 0 Å². The second-order valence-electron chi connectivity index (χ2n) is 15.0. The van der Waals surface area contributed by atoms with E-state index in [4.69, 9.17) is 0 Å².